The third-order valence-corrected chi connectivity index (χ3v) is 8.89. The molecule has 0 radical (unpaired) electrons. The number of hydrogen-bond acceptors (Lipinski definition) is 4. The van der Waals surface area contributed by atoms with Crippen LogP contribution < -0.4 is 9.62 Å². The Bertz CT molecular complexity index is 1350. The number of amides is 2. The van der Waals surface area contributed by atoms with Crippen molar-refractivity contribution in [1.29, 1.82) is 0 Å². The number of nitrogens with one attached hydrogen (secondary N) is 1. The number of hydrogen-bond donors (Lipinski definition) is 1. The van der Waals surface area contributed by atoms with Crippen molar-refractivity contribution in [2.75, 3.05) is 10.8 Å². The van der Waals surface area contributed by atoms with Crippen LogP contribution in [0.4, 0.5) is 10.1 Å². The second-order valence-electron chi connectivity index (χ2n) is 9.19. The normalized spacial score (nSPS) is 12.8. The van der Waals surface area contributed by atoms with E-state index in [1.807, 2.05) is 13.8 Å². The van der Waals surface area contributed by atoms with Crippen LogP contribution in [-0.2, 0) is 26.2 Å². The zero-order valence-electron chi connectivity index (χ0n) is 22.2. The van der Waals surface area contributed by atoms with Crippen LogP contribution in [-0.4, -0.2) is 43.8 Å². The van der Waals surface area contributed by atoms with Gasteiger partial charge in [0.2, 0.25) is 11.8 Å². The average Bonchev–Trinajstić information content (AvgIpc) is 2.93. The van der Waals surface area contributed by atoms with Crippen LogP contribution in [0, 0.1) is 9.39 Å². The summed E-state index contributed by atoms with van der Waals surface area (Å²) in [5.41, 5.74) is 0.942. The molecule has 2 amide bonds. The molecule has 0 saturated heterocycles. The van der Waals surface area contributed by atoms with Gasteiger partial charge in [0, 0.05) is 16.2 Å². The molecule has 10 heteroatoms. The Morgan fingerprint density at radius 2 is 1.54 bits per heavy atom. The summed E-state index contributed by atoms with van der Waals surface area (Å²) in [6, 6.07) is 19.4. The lowest BCUT2D eigenvalue weighted by molar-refractivity contribution is -0.140. The van der Waals surface area contributed by atoms with E-state index < -0.39 is 34.3 Å². The molecule has 1 N–H and O–H groups in total. The van der Waals surface area contributed by atoms with Gasteiger partial charge in [0.25, 0.3) is 10.0 Å². The van der Waals surface area contributed by atoms with Gasteiger partial charge in [-0.1, -0.05) is 44.2 Å². The first-order valence-corrected chi connectivity index (χ1v) is 15.3. The van der Waals surface area contributed by atoms with Crippen LogP contribution in [0.1, 0.15) is 39.2 Å². The molecule has 0 aliphatic heterocycles. The molecular weight excluding hydrogens is 632 g/mol. The molecule has 208 valence electrons. The lowest BCUT2D eigenvalue weighted by Gasteiger charge is -2.33. The van der Waals surface area contributed by atoms with Crippen molar-refractivity contribution in [3.05, 3.63) is 93.8 Å². The van der Waals surface area contributed by atoms with E-state index in [4.69, 9.17) is 0 Å². The quantitative estimate of drug-likeness (QED) is 0.265. The molecular formula is C29H33FIN3O4S. The standard InChI is InChI=1S/C29H33FIN3O4S/c1-4-21(3)32-29(36)27(5-2)33(19-22-11-13-23(30)14-12-22)28(35)20-34(25-17-15-24(31)16-18-25)39(37,38)26-9-7-6-8-10-26/h6-18,21,27H,4-5,19-20H2,1-3H3,(H,32,36)/t21-,27+/m0/s1. The minimum atomic E-state index is -4.12. The van der Waals surface area contributed by atoms with Crippen molar-refractivity contribution in [3.63, 3.8) is 0 Å². The van der Waals surface area contributed by atoms with Crippen molar-refractivity contribution >= 4 is 50.1 Å². The Kier molecular flexibility index (Phi) is 10.9. The molecule has 0 spiro atoms. The van der Waals surface area contributed by atoms with Crippen LogP contribution >= 0.6 is 22.6 Å². The molecule has 0 saturated carbocycles. The molecule has 7 nitrogen and oxygen atoms in total. The van der Waals surface area contributed by atoms with Crippen molar-refractivity contribution in [3.8, 4) is 0 Å². The number of sulfonamides is 1. The van der Waals surface area contributed by atoms with E-state index in [2.05, 4.69) is 27.9 Å². The highest BCUT2D eigenvalue weighted by Crippen LogP contribution is 2.25. The second kappa shape index (κ2) is 13.9. The monoisotopic (exact) mass is 665 g/mol. The minimum Gasteiger partial charge on any atom is -0.352 e. The van der Waals surface area contributed by atoms with Gasteiger partial charge in [-0.15, -0.1) is 0 Å². The molecule has 0 aliphatic carbocycles. The van der Waals surface area contributed by atoms with Crippen LogP contribution in [0.3, 0.4) is 0 Å². The molecule has 3 aromatic carbocycles. The van der Waals surface area contributed by atoms with Gasteiger partial charge in [0.05, 0.1) is 10.6 Å². The highest BCUT2D eigenvalue weighted by atomic mass is 127. The number of rotatable bonds is 12. The number of benzene rings is 3. The number of nitrogens with zero attached hydrogens (tertiary/aromatic N) is 2. The summed E-state index contributed by atoms with van der Waals surface area (Å²) in [6.07, 6.45) is 1.02. The Morgan fingerprint density at radius 3 is 2.10 bits per heavy atom. The predicted molar refractivity (Wildman–Crippen MR) is 159 cm³/mol. The Morgan fingerprint density at radius 1 is 0.923 bits per heavy atom. The molecule has 0 bridgehead atoms. The van der Waals surface area contributed by atoms with Crippen molar-refractivity contribution < 1.29 is 22.4 Å². The number of halogens is 2. The zero-order chi connectivity index (χ0) is 28.6. The summed E-state index contributed by atoms with van der Waals surface area (Å²) in [5.74, 6) is -1.30. The maximum absolute atomic E-state index is 14.0. The summed E-state index contributed by atoms with van der Waals surface area (Å²) in [6.45, 7) is 5.11. The maximum atomic E-state index is 14.0. The van der Waals surface area contributed by atoms with Gasteiger partial charge in [-0.25, -0.2) is 12.8 Å². The van der Waals surface area contributed by atoms with E-state index in [0.717, 1.165) is 7.88 Å². The van der Waals surface area contributed by atoms with Gasteiger partial charge in [-0.3, -0.25) is 13.9 Å². The second-order valence-corrected chi connectivity index (χ2v) is 12.3. The molecule has 0 aliphatic rings. The fourth-order valence-corrected chi connectivity index (χ4v) is 5.80. The lowest BCUT2D eigenvalue weighted by atomic mass is 10.1. The fraction of sp³-hybridized carbons (Fsp3) is 0.310. The summed E-state index contributed by atoms with van der Waals surface area (Å²) in [7, 11) is -4.12. The molecule has 0 fully saturated rings. The third kappa shape index (κ3) is 8.01. The minimum absolute atomic E-state index is 0.0114. The van der Waals surface area contributed by atoms with Crippen molar-refractivity contribution in [1.82, 2.24) is 10.2 Å². The first kappa shape index (κ1) is 30.6. The molecule has 3 rings (SSSR count). The van der Waals surface area contributed by atoms with Gasteiger partial charge >= 0.3 is 0 Å². The average molecular weight is 666 g/mol. The van der Waals surface area contributed by atoms with Gasteiger partial charge in [-0.05, 0) is 96.5 Å². The Labute approximate surface area is 243 Å². The fourth-order valence-electron chi connectivity index (χ4n) is 4.00. The van der Waals surface area contributed by atoms with Gasteiger partial charge in [0.1, 0.15) is 18.4 Å². The summed E-state index contributed by atoms with van der Waals surface area (Å²) in [5, 5.41) is 2.93. The number of anilines is 1. The largest absolute Gasteiger partial charge is 0.352 e. The highest BCUT2D eigenvalue weighted by Gasteiger charge is 2.33. The van der Waals surface area contributed by atoms with Crippen molar-refractivity contribution in [2.24, 2.45) is 0 Å². The predicted octanol–water partition coefficient (Wildman–Crippen LogP) is 5.35. The Hall–Kier alpha value is -2.99. The van der Waals surface area contributed by atoms with Gasteiger partial charge in [-0.2, -0.15) is 0 Å². The van der Waals surface area contributed by atoms with E-state index in [-0.39, 0.29) is 23.4 Å². The summed E-state index contributed by atoms with van der Waals surface area (Å²) >= 11 is 2.12. The van der Waals surface area contributed by atoms with Crippen LogP contribution in [0.15, 0.2) is 83.8 Å². The Balaban J connectivity index is 2.03. The summed E-state index contributed by atoms with van der Waals surface area (Å²) < 4.78 is 43.1. The first-order chi connectivity index (χ1) is 18.6. The highest BCUT2D eigenvalue weighted by molar-refractivity contribution is 14.1. The first-order valence-electron chi connectivity index (χ1n) is 12.7. The van der Waals surface area contributed by atoms with Crippen LogP contribution in [0.5, 0.6) is 0 Å². The van der Waals surface area contributed by atoms with E-state index >= 15 is 0 Å². The molecule has 0 unspecified atom stereocenters. The lowest BCUT2D eigenvalue weighted by Crippen LogP contribution is -2.53. The van der Waals surface area contributed by atoms with Gasteiger partial charge in [0.15, 0.2) is 0 Å². The van der Waals surface area contributed by atoms with E-state index in [0.29, 0.717) is 24.1 Å². The topological polar surface area (TPSA) is 86.8 Å². The number of carbonyl (C=O) groups excluding carboxylic acids is 2. The van der Waals surface area contributed by atoms with Crippen molar-refractivity contribution in [2.45, 2.75) is 57.1 Å². The zero-order valence-corrected chi connectivity index (χ0v) is 25.2. The molecule has 0 heterocycles. The molecule has 3 aromatic rings. The third-order valence-electron chi connectivity index (χ3n) is 6.38. The summed E-state index contributed by atoms with van der Waals surface area (Å²) in [4.78, 5) is 28.6. The molecule has 39 heavy (non-hydrogen) atoms. The van der Waals surface area contributed by atoms with Gasteiger partial charge < -0.3 is 10.2 Å². The van der Waals surface area contributed by atoms with E-state index in [1.54, 1.807) is 61.5 Å². The molecule has 2 atom stereocenters. The smallest absolute Gasteiger partial charge is 0.264 e. The van der Waals surface area contributed by atoms with Crippen LogP contribution in [0.25, 0.3) is 0 Å². The van der Waals surface area contributed by atoms with E-state index in [1.165, 1.54) is 29.2 Å². The number of carbonyl (C=O) groups is 2. The van der Waals surface area contributed by atoms with E-state index in [9.17, 15) is 22.4 Å². The SMILES string of the molecule is CC[C@H](C(=O)N[C@@H](C)CC)N(Cc1ccc(F)cc1)C(=O)CN(c1ccc(I)cc1)S(=O)(=O)c1ccccc1. The molecule has 0 aromatic heterocycles. The van der Waals surface area contributed by atoms with Crippen LogP contribution in [0.2, 0.25) is 0 Å². The maximum Gasteiger partial charge on any atom is 0.264 e.